The van der Waals surface area contributed by atoms with Gasteiger partial charge >= 0.3 is 0 Å². The largest absolute Gasteiger partial charge is 0.234 e. The van der Waals surface area contributed by atoms with Crippen LogP contribution in [-0.2, 0) is 0 Å². The Balaban J connectivity index is 4.23. The van der Waals surface area contributed by atoms with Crippen molar-refractivity contribution < 1.29 is 4.39 Å². The minimum Gasteiger partial charge on any atom is -0.217 e. The molecule has 0 rings (SSSR count). The Kier molecular flexibility index (Phi) is 5.57. The van der Waals surface area contributed by atoms with E-state index in [1.54, 1.807) is 0 Å². The fraction of sp³-hybridized carbons (Fsp3) is 1.00. The molecule has 0 aliphatic heterocycles. The third-order valence-electron chi connectivity index (χ3n) is 0.575. The van der Waals surface area contributed by atoms with Crippen molar-refractivity contribution in [1.29, 1.82) is 0 Å². The average molecular weight is 535 g/mol. The normalized spacial score (nSPS) is 17.1. The van der Waals surface area contributed by atoms with Gasteiger partial charge in [0.25, 0.3) is 0 Å². The van der Waals surface area contributed by atoms with E-state index in [1.807, 2.05) is 0 Å². The van der Waals surface area contributed by atoms with Gasteiger partial charge in [-0.1, -0.05) is 63.7 Å². The number of alkyl halides is 7. The van der Waals surface area contributed by atoms with Gasteiger partial charge in [-0.3, -0.25) is 0 Å². The van der Waals surface area contributed by atoms with Gasteiger partial charge in [0.1, 0.15) is 4.83 Å². The molecule has 0 aromatic rings. The fourth-order valence-corrected chi connectivity index (χ4v) is 3.66. The molecule has 0 nitrogen and oxygen atoms in total. The SMILES string of the molecule is FC(Br)(Br)C(Br)C(Br)(Br)Br. The van der Waals surface area contributed by atoms with Gasteiger partial charge < -0.3 is 0 Å². The van der Waals surface area contributed by atoms with Crippen LogP contribution in [0.3, 0.4) is 0 Å². The lowest BCUT2D eigenvalue weighted by molar-refractivity contribution is 0.428. The second kappa shape index (κ2) is 4.35. The van der Waals surface area contributed by atoms with Crippen molar-refractivity contribution in [3.05, 3.63) is 0 Å². The predicted molar refractivity (Wildman–Crippen MR) is 63.9 cm³/mol. The molecule has 62 valence electrons. The van der Waals surface area contributed by atoms with Crippen LogP contribution in [0.15, 0.2) is 0 Å². The van der Waals surface area contributed by atoms with Crippen LogP contribution < -0.4 is 0 Å². The summed E-state index contributed by atoms with van der Waals surface area (Å²) in [6.45, 7) is 0. The molecule has 0 aliphatic carbocycles. The molecule has 0 aliphatic rings. The van der Waals surface area contributed by atoms with Crippen LogP contribution in [0.4, 0.5) is 4.39 Å². The molecule has 1 unspecified atom stereocenters. The highest BCUT2D eigenvalue weighted by atomic mass is 80.0. The van der Waals surface area contributed by atoms with Gasteiger partial charge in [0.15, 0.2) is 2.14 Å². The first-order valence-electron chi connectivity index (χ1n) is 1.93. The van der Waals surface area contributed by atoms with Gasteiger partial charge in [-0.2, -0.15) is 0 Å². The third-order valence-corrected chi connectivity index (χ3v) is 7.25. The molecule has 0 spiro atoms. The van der Waals surface area contributed by atoms with Gasteiger partial charge in [0.2, 0.25) is 3.49 Å². The molecular formula is C3HBr6F. The lowest BCUT2D eigenvalue weighted by Gasteiger charge is -2.25. The predicted octanol–water partition coefficient (Wildman–Crippen LogP) is 5.00. The van der Waals surface area contributed by atoms with E-state index in [2.05, 4.69) is 95.6 Å². The van der Waals surface area contributed by atoms with Crippen LogP contribution in [0, 0.1) is 0 Å². The summed E-state index contributed by atoms with van der Waals surface area (Å²) in [7, 11) is 0. The van der Waals surface area contributed by atoms with Gasteiger partial charge in [-0.25, -0.2) is 4.39 Å². The number of halogens is 7. The summed E-state index contributed by atoms with van der Waals surface area (Å²) in [5.74, 6) is 0. The smallest absolute Gasteiger partial charge is 0.217 e. The van der Waals surface area contributed by atoms with E-state index < -0.39 is 10.5 Å². The van der Waals surface area contributed by atoms with E-state index in [0.29, 0.717) is 0 Å². The zero-order valence-electron chi connectivity index (χ0n) is 4.22. The molecule has 0 heterocycles. The third kappa shape index (κ3) is 4.74. The van der Waals surface area contributed by atoms with E-state index in [9.17, 15) is 4.39 Å². The summed E-state index contributed by atoms with van der Waals surface area (Å²) in [6.07, 6.45) is 0. The Morgan fingerprint density at radius 3 is 1.30 bits per heavy atom. The molecule has 10 heavy (non-hydrogen) atoms. The second-order valence-electron chi connectivity index (χ2n) is 1.45. The van der Waals surface area contributed by atoms with Crippen molar-refractivity contribution in [1.82, 2.24) is 0 Å². The molecule has 0 aromatic heterocycles. The van der Waals surface area contributed by atoms with Crippen LogP contribution in [0.5, 0.6) is 0 Å². The summed E-state index contributed by atoms with van der Waals surface area (Å²) in [6, 6.07) is 0. The fourth-order valence-electron chi connectivity index (χ4n) is 0.186. The van der Waals surface area contributed by atoms with Crippen LogP contribution in [0.1, 0.15) is 0 Å². The monoisotopic (exact) mass is 530 g/mol. The van der Waals surface area contributed by atoms with Crippen LogP contribution >= 0.6 is 95.6 Å². The summed E-state index contributed by atoms with van der Waals surface area (Å²) < 4.78 is 10.6. The van der Waals surface area contributed by atoms with Crippen LogP contribution in [-0.4, -0.2) is 10.5 Å². The maximum Gasteiger partial charge on any atom is 0.234 e. The van der Waals surface area contributed by atoms with Gasteiger partial charge in [0.05, 0.1) is 0 Å². The Labute approximate surface area is 109 Å². The lowest BCUT2D eigenvalue weighted by Crippen LogP contribution is -2.30. The summed E-state index contributed by atoms with van der Waals surface area (Å²) in [5, 5.41) is 0. The first kappa shape index (κ1) is 12.8. The van der Waals surface area contributed by atoms with Crippen molar-refractivity contribution in [2.45, 2.75) is 10.5 Å². The van der Waals surface area contributed by atoms with E-state index in [1.165, 1.54) is 0 Å². The molecule has 0 saturated carbocycles. The second-order valence-corrected chi connectivity index (χ2v) is 12.7. The molecule has 0 fully saturated rings. The Morgan fingerprint density at radius 2 is 1.30 bits per heavy atom. The molecule has 1 atom stereocenters. The lowest BCUT2D eigenvalue weighted by atomic mass is 10.5. The quantitative estimate of drug-likeness (QED) is 0.415. The number of hydrogen-bond acceptors (Lipinski definition) is 0. The molecule has 0 N–H and O–H groups in total. The molecular weight excluding hydrogens is 534 g/mol. The molecule has 0 aromatic carbocycles. The van der Waals surface area contributed by atoms with Gasteiger partial charge in [-0.05, 0) is 31.9 Å². The maximum atomic E-state index is 13.0. The molecule has 0 amide bonds. The minimum atomic E-state index is -1.66. The highest BCUT2D eigenvalue weighted by Gasteiger charge is 2.43. The number of rotatable bonds is 1. The standard InChI is InChI=1S/C3HBr6F/c4-1(2(5,6)7)3(8,9)10/h1H. The molecule has 0 radical (unpaired) electrons. The van der Waals surface area contributed by atoms with Crippen molar-refractivity contribution in [3.63, 3.8) is 0 Å². The molecule has 0 saturated heterocycles. The van der Waals surface area contributed by atoms with E-state index in [0.717, 1.165) is 0 Å². The highest BCUT2D eigenvalue weighted by molar-refractivity contribution is 9.40. The minimum absolute atomic E-state index is 0.507. The summed E-state index contributed by atoms with van der Waals surface area (Å²) >= 11 is 18.2. The maximum absolute atomic E-state index is 13.0. The Bertz CT molecular complexity index is 97.1. The first-order chi connectivity index (χ1) is 4.15. The average Bonchev–Trinajstić information content (AvgIpc) is 1.59. The topological polar surface area (TPSA) is 0 Å². The summed E-state index contributed by atoms with van der Waals surface area (Å²) in [5.41, 5.74) is 0. The van der Waals surface area contributed by atoms with Gasteiger partial charge in [0, 0.05) is 0 Å². The van der Waals surface area contributed by atoms with Crippen molar-refractivity contribution in [3.8, 4) is 0 Å². The Morgan fingerprint density at radius 1 is 1.00 bits per heavy atom. The van der Waals surface area contributed by atoms with Crippen molar-refractivity contribution in [2.75, 3.05) is 0 Å². The summed E-state index contributed by atoms with van der Waals surface area (Å²) in [4.78, 5) is -0.507. The Hall–Kier alpha value is 2.81. The molecule has 0 bridgehead atoms. The van der Waals surface area contributed by atoms with Crippen LogP contribution in [0.25, 0.3) is 0 Å². The van der Waals surface area contributed by atoms with Crippen molar-refractivity contribution in [2.24, 2.45) is 0 Å². The zero-order chi connectivity index (χ0) is 8.58. The van der Waals surface area contributed by atoms with Crippen molar-refractivity contribution >= 4 is 95.6 Å². The van der Waals surface area contributed by atoms with E-state index in [4.69, 9.17) is 0 Å². The van der Waals surface area contributed by atoms with E-state index in [-0.39, 0.29) is 0 Å². The first-order valence-corrected chi connectivity index (χ1v) is 6.81. The van der Waals surface area contributed by atoms with E-state index >= 15 is 0 Å². The zero-order valence-corrected chi connectivity index (χ0v) is 13.7. The van der Waals surface area contributed by atoms with Gasteiger partial charge in [-0.15, -0.1) is 0 Å². The molecule has 7 heteroatoms. The number of hydrogen-bond donors (Lipinski definition) is 0. The van der Waals surface area contributed by atoms with Crippen LogP contribution in [0.2, 0.25) is 0 Å². The highest BCUT2D eigenvalue weighted by Crippen LogP contribution is 2.51.